The van der Waals surface area contributed by atoms with E-state index in [2.05, 4.69) is 10.6 Å². The smallest absolute Gasteiger partial charge is 0.344 e. The van der Waals surface area contributed by atoms with E-state index in [1.165, 1.54) is 0 Å². The van der Waals surface area contributed by atoms with Gasteiger partial charge in [0.1, 0.15) is 6.04 Å². The lowest BCUT2D eigenvalue weighted by atomic mass is 9.98. The molecule has 1 aliphatic rings. The van der Waals surface area contributed by atoms with Crippen LogP contribution in [0.3, 0.4) is 0 Å². The number of carbonyl (C=O) groups excluding carboxylic acids is 2. The van der Waals surface area contributed by atoms with E-state index in [0.717, 1.165) is 18.4 Å². The Balaban J connectivity index is 1.83. The summed E-state index contributed by atoms with van der Waals surface area (Å²) < 4.78 is 5.45. The summed E-state index contributed by atoms with van der Waals surface area (Å²) in [4.78, 5) is 37.7. The fraction of sp³-hybridized carbons (Fsp3) is 0.227. The van der Waals surface area contributed by atoms with Crippen LogP contribution in [0.1, 0.15) is 29.8 Å². The molecule has 0 radical (unpaired) electrons. The van der Waals surface area contributed by atoms with E-state index in [1.807, 2.05) is 36.4 Å². The first-order valence-corrected chi connectivity index (χ1v) is 9.35. The van der Waals surface area contributed by atoms with Gasteiger partial charge in [-0.05, 0) is 30.9 Å². The molecule has 0 bridgehead atoms. The average Bonchev–Trinajstić information content (AvgIpc) is 2.93. The lowest BCUT2D eigenvalue weighted by Gasteiger charge is -2.17. The maximum atomic E-state index is 13.0. The van der Waals surface area contributed by atoms with Crippen LogP contribution in [0.2, 0.25) is 0 Å². The molecule has 1 atom stereocenters. The summed E-state index contributed by atoms with van der Waals surface area (Å²) >= 11 is 0. The molecule has 4 rings (SSSR count). The second-order valence-electron chi connectivity index (χ2n) is 6.82. The third kappa shape index (κ3) is 3.41. The molecule has 1 aromatic heterocycles. The van der Waals surface area contributed by atoms with Gasteiger partial charge in [0, 0.05) is 17.5 Å². The van der Waals surface area contributed by atoms with Crippen molar-refractivity contribution < 1.29 is 14.0 Å². The van der Waals surface area contributed by atoms with Crippen molar-refractivity contribution in [3.05, 3.63) is 70.8 Å². The number of fused-ring (bicyclic) bond motifs is 1. The number of nitrogens with one attached hydrogen (secondary N) is 2. The maximum Gasteiger partial charge on any atom is 0.344 e. The van der Waals surface area contributed by atoms with E-state index in [9.17, 15) is 14.4 Å². The van der Waals surface area contributed by atoms with Gasteiger partial charge in [0.05, 0.1) is 5.39 Å². The summed E-state index contributed by atoms with van der Waals surface area (Å²) in [5.74, 6) is -0.856. The summed E-state index contributed by atoms with van der Waals surface area (Å²) in [6.45, 7) is 0.603. The first kappa shape index (κ1) is 18.0. The molecule has 6 nitrogen and oxygen atoms in total. The topological polar surface area (TPSA) is 88.4 Å². The Hall–Kier alpha value is -3.41. The lowest BCUT2D eigenvalue weighted by Crippen LogP contribution is -2.45. The van der Waals surface area contributed by atoms with E-state index in [4.69, 9.17) is 4.42 Å². The largest absolute Gasteiger partial charge is 0.416 e. The van der Waals surface area contributed by atoms with Crippen LogP contribution >= 0.6 is 0 Å². The van der Waals surface area contributed by atoms with Crippen molar-refractivity contribution in [2.45, 2.75) is 25.3 Å². The molecule has 1 fully saturated rings. The molecule has 2 N–H and O–H groups in total. The zero-order chi connectivity index (χ0) is 19.5. The SMILES string of the molecule is O=C(NC1CCCCNC1=O)c1oc(=O)c2ccccc2c1-c1ccccc1. The van der Waals surface area contributed by atoms with Crippen molar-refractivity contribution in [1.29, 1.82) is 0 Å². The molecule has 3 aromatic rings. The number of hydrogen-bond donors (Lipinski definition) is 2. The Morgan fingerprint density at radius 3 is 2.46 bits per heavy atom. The highest BCUT2D eigenvalue weighted by Crippen LogP contribution is 2.30. The molecule has 0 saturated carbocycles. The van der Waals surface area contributed by atoms with Crippen molar-refractivity contribution in [3.8, 4) is 11.1 Å². The predicted molar refractivity (Wildman–Crippen MR) is 106 cm³/mol. The molecule has 142 valence electrons. The minimum absolute atomic E-state index is 0.0769. The Kier molecular flexibility index (Phi) is 4.93. The number of benzene rings is 2. The van der Waals surface area contributed by atoms with Gasteiger partial charge >= 0.3 is 5.63 Å². The number of carbonyl (C=O) groups is 2. The quantitative estimate of drug-likeness (QED) is 0.736. The zero-order valence-corrected chi connectivity index (χ0v) is 15.2. The fourth-order valence-electron chi connectivity index (χ4n) is 3.55. The highest BCUT2D eigenvalue weighted by atomic mass is 16.4. The summed E-state index contributed by atoms with van der Waals surface area (Å²) in [5.41, 5.74) is 0.728. The van der Waals surface area contributed by atoms with E-state index in [0.29, 0.717) is 29.3 Å². The van der Waals surface area contributed by atoms with Crippen LogP contribution < -0.4 is 16.3 Å². The minimum atomic E-state index is -0.643. The number of amides is 2. The molecule has 1 saturated heterocycles. The summed E-state index contributed by atoms with van der Waals surface area (Å²) in [6, 6.07) is 15.7. The molecule has 1 unspecified atom stereocenters. The fourth-order valence-corrected chi connectivity index (χ4v) is 3.55. The van der Waals surface area contributed by atoms with Gasteiger partial charge in [-0.3, -0.25) is 9.59 Å². The predicted octanol–water partition coefficient (Wildman–Crippen LogP) is 2.86. The molecule has 2 amide bonds. The van der Waals surface area contributed by atoms with Gasteiger partial charge < -0.3 is 15.1 Å². The van der Waals surface area contributed by atoms with Gasteiger partial charge in [0.2, 0.25) is 11.7 Å². The second-order valence-corrected chi connectivity index (χ2v) is 6.82. The molecular weight excluding hydrogens is 356 g/mol. The summed E-state index contributed by atoms with van der Waals surface area (Å²) in [7, 11) is 0. The van der Waals surface area contributed by atoms with Gasteiger partial charge in [0.15, 0.2) is 0 Å². The van der Waals surface area contributed by atoms with Crippen LogP contribution in [0.5, 0.6) is 0 Å². The van der Waals surface area contributed by atoms with E-state index in [1.54, 1.807) is 18.2 Å². The first-order valence-electron chi connectivity index (χ1n) is 9.35. The van der Waals surface area contributed by atoms with Crippen LogP contribution in [0.15, 0.2) is 63.8 Å². The van der Waals surface area contributed by atoms with Crippen LogP contribution in [0.25, 0.3) is 21.9 Å². The standard InChI is InChI=1S/C22H20N2O4/c25-20-17(12-6-7-13-23-20)24-21(26)19-18(14-8-2-1-3-9-14)15-10-4-5-11-16(15)22(27)28-19/h1-5,8-11,17H,6-7,12-13H2,(H,23,25)(H,24,26). The Bertz CT molecular complexity index is 1090. The molecule has 2 heterocycles. The zero-order valence-electron chi connectivity index (χ0n) is 15.2. The third-order valence-electron chi connectivity index (χ3n) is 4.95. The van der Waals surface area contributed by atoms with Gasteiger partial charge in [-0.1, -0.05) is 48.5 Å². The summed E-state index contributed by atoms with van der Waals surface area (Å²) in [6.07, 6.45) is 2.26. The van der Waals surface area contributed by atoms with Gasteiger partial charge in [-0.25, -0.2) is 4.79 Å². The summed E-state index contributed by atoms with van der Waals surface area (Å²) in [5, 5.41) is 6.58. The van der Waals surface area contributed by atoms with Crippen LogP contribution in [-0.4, -0.2) is 24.4 Å². The number of hydrogen-bond acceptors (Lipinski definition) is 4. The highest BCUT2D eigenvalue weighted by molar-refractivity contribution is 6.08. The maximum absolute atomic E-state index is 13.0. The normalized spacial score (nSPS) is 17.0. The van der Waals surface area contributed by atoms with Crippen molar-refractivity contribution >= 4 is 22.6 Å². The molecule has 6 heteroatoms. The second kappa shape index (κ2) is 7.68. The molecular formula is C22H20N2O4. The van der Waals surface area contributed by atoms with Crippen LogP contribution in [-0.2, 0) is 4.79 Å². The van der Waals surface area contributed by atoms with E-state index < -0.39 is 17.6 Å². The highest BCUT2D eigenvalue weighted by Gasteiger charge is 2.27. The monoisotopic (exact) mass is 376 g/mol. The van der Waals surface area contributed by atoms with E-state index >= 15 is 0 Å². The number of rotatable bonds is 3. The van der Waals surface area contributed by atoms with Crippen molar-refractivity contribution in [3.63, 3.8) is 0 Å². The minimum Gasteiger partial charge on any atom is -0.416 e. The third-order valence-corrected chi connectivity index (χ3v) is 4.95. The van der Waals surface area contributed by atoms with Gasteiger partial charge in [-0.15, -0.1) is 0 Å². The van der Waals surface area contributed by atoms with Gasteiger partial charge in [-0.2, -0.15) is 0 Å². The molecule has 0 spiro atoms. The average molecular weight is 376 g/mol. The molecule has 28 heavy (non-hydrogen) atoms. The molecule has 0 aliphatic carbocycles. The van der Waals surface area contributed by atoms with Crippen molar-refractivity contribution in [2.24, 2.45) is 0 Å². The lowest BCUT2D eigenvalue weighted by molar-refractivity contribution is -0.122. The van der Waals surface area contributed by atoms with E-state index in [-0.39, 0.29) is 11.7 Å². The Morgan fingerprint density at radius 1 is 0.964 bits per heavy atom. The molecule has 2 aromatic carbocycles. The Labute approximate surface area is 161 Å². The van der Waals surface area contributed by atoms with Crippen molar-refractivity contribution in [2.75, 3.05) is 6.54 Å². The van der Waals surface area contributed by atoms with Crippen molar-refractivity contribution in [1.82, 2.24) is 10.6 Å². The van der Waals surface area contributed by atoms with Gasteiger partial charge in [0.25, 0.3) is 5.91 Å². The Morgan fingerprint density at radius 2 is 1.68 bits per heavy atom. The first-order chi connectivity index (χ1) is 13.6. The van der Waals surface area contributed by atoms with Crippen LogP contribution in [0, 0.1) is 0 Å². The van der Waals surface area contributed by atoms with Crippen LogP contribution in [0.4, 0.5) is 0 Å². The molecule has 1 aliphatic heterocycles.